The number of primary amides is 1. The van der Waals surface area contributed by atoms with Gasteiger partial charge in [-0.15, -0.1) is 0 Å². The fourth-order valence-corrected chi connectivity index (χ4v) is 2.19. The number of piperazine rings is 1. The van der Waals surface area contributed by atoms with Gasteiger partial charge in [0.05, 0.1) is 0 Å². The third-order valence-corrected chi connectivity index (χ3v) is 3.16. The molecule has 9 heteroatoms. The number of H-pyrrole nitrogens is 1. The van der Waals surface area contributed by atoms with Gasteiger partial charge in [0, 0.05) is 25.7 Å². The molecule has 0 bridgehead atoms. The van der Waals surface area contributed by atoms with E-state index in [4.69, 9.17) is 5.73 Å². The molecule has 0 radical (unpaired) electrons. The third kappa shape index (κ3) is 1.93. The van der Waals surface area contributed by atoms with Crippen molar-refractivity contribution in [3.63, 3.8) is 0 Å². The largest absolute Gasteiger partial charge is 0.368 e. The smallest absolute Gasteiger partial charge is 0.348 e. The summed E-state index contributed by atoms with van der Waals surface area (Å²) in [5, 5.41) is 9.32. The van der Waals surface area contributed by atoms with Crippen LogP contribution < -0.4 is 21.6 Å². The number of nitrogens with zero attached hydrogens (tertiary/aromatic N) is 4. The highest BCUT2D eigenvalue weighted by Crippen LogP contribution is 2.16. The number of fused-ring (bicyclic) bond motifs is 1. The highest BCUT2D eigenvalue weighted by atomic mass is 16.2. The quantitative estimate of drug-likeness (QED) is 0.559. The van der Waals surface area contributed by atoms with Crippen molar-refractivity contribution >= 4 is 17.4 Å². The first kappa shape index (κ1) is 11.7. The minimum absolute atomic E-state index is 0.346. The van der Waals surface area contributed by atoms with Crippen molar-refractivity contribution in [3.05, 3.63) is 22.9 Å². The average molecular weight is 263 g/mol. The fourth-order valence-electron chi connectivity index (χ4n) is 2.19. The molecule has 1 amide bonds. The van der Waals surface area contributed by atoms with E-state index in [1.54, 1.807) is 6.07 Å². The van der Waals surface area contributed by atoms with Crippen LogP contribution in [-0.4, -0.2) is 51.2 Å². The minimum Gasteiger partial charge on any atom is -0.368 e. The number of hydrogen-bond acceptors (Lipinski definition) is 6. The first-order valence-corrected chi connectivity index (χ1v) is 5.86. The zero-order valence-electron chi connectivity index (χ0n) is 10.0. The summed E-state index contributed by atoms with van der Waals surface area (Å²) in [6.45, 7) is 1.84. The Kier molecular flexibility index (Phi) is 2.67. The molecule has 0 aromatic carbocycles. The van der Waals surface area contributed by atoms with Crippen molar-refractivity contribution in [1.29, 1.82) is 0 Å². The van der Waals surface area contributed by atoms with E-state index in [1.165, 1.54) is 10.7 Å². The number of anilines is 1. The lowest BCUT2D eigenvalue weighted by atomic mass is 10.2. The van der Waals surface area contributed by atoms with Gasteiger partial charge in [-0.2, -0.15) is 5.10 Å². The summed E-state index contributed by atoms with van der Waals surface area (Å²) in [6, 6.07) is 1.20. The van der Waals surface area contributed by atoms with Gasteiger partial charge in [-0.1, -0.05) is 0 Å². The Morgan fingerprint density at radius 2 is 2.37 bits per heavy atom. The molecule has 1 fully saturated rings. The first-order valence-electron chi connectivity index (χ1n) is 5.86. The van der Waals surface area contributed by atoms with Crippen LogP contribution in [0.4, 0.5) is 5.82 Å². The number of amides is 1. The van der Waals surface area contributed by atoms with E-state index in [0.29, 0.717) is 24.6 Å². The Balaban J connectivity index is 2.02. The number of carbonyl (C=O) groups is 1. The predicted octanol–water partition coefficient (Wildman–Crippen LogP) is -2.32. The van der Waals surface area contributed by atoms with E-state index in [9.17, 15) is 9.59 Å². The number of rotatable bonds is 2. The molecule has 1 saturated heterocycles. The zero-order valence-corrected chi connectivity index (χ0v) is 10.0. The first-order chi connectivity index (χ1) is 9.16. The maximum absolute atomic E-state index is 11.4. The molecular formula is C10H13N7O2. The molecule has 1 unspecified atom stereocenters. The van der Waals surface area contributed by atoms with Gasteiger partial charge in [0.15, 0.2) is 5.65 Å². The Bertz CT molecular complexity index is 676. The number of aromatic nitrogens is 4. The van der Waals surface area contributed by atoms with Crippen molar-refractivity contribution in [2.45, 2.75) is 6.04 Å². The molecule has 4 N–H and O–H groups in total. The SMILES string of the molecule is NC(=O)C1CNCCN1c1cc2n[nH]c(=O)n2cn1. The topological polar surface area (TPSA) is 121 Å². The molecule has 0 saturated carbocycles. The number of aromatic amines is 1. The van der Waals surface area contributed by atoms with Crippen molar-refractivity contribution in [2.24, 2.45) is 5.73 Å². The maximum Gasteiger partial charge on any atom is 0.348 e. The van der Waals surface area contributed by atoms with Gasteiger partial charge < -0.3 is 16.0 Å². The second-order valence-corrected chi connectivity index (χ2v) is 4.32. The van der Waals surface area contributed by atoms with E-state index in [0.717, 1.165) is 6.54 Å². The second kappa shape index (κ2) is 4.35. The monoisotopic (exact) mass is 263 g/mol. The summed E-state index contributed by atoms with van der Waals surface area (Å²) >= 11 is 0. The highest BCUT2D eigenvalue weighted by Gasteiger charge is 2.28. The Hall–Kier alpha value is -2.42. The van der Waals surface area contributed by atoms with E-state index in [2.05, 4.69) is 20.5 Å². The van der Waals surface area contributed by atoms with Gasteiger partial charge in [-0.05, 0) is 0 Å². The van der Waals surface area contributed by atoms with Crippen LogP contribution in [0.15, 0.2) is 17.2 Å². The Labute approximate surface area is 107 Å². The van der Waals surface area contributed by atoms with Gasteiger partial charge in [0.25, 0.3) is 0 Å². The summed E-state index contributed by atoms with van der Waals surface area (Å²) < 4.78 is 1.30. The molecule has 0 aliphatic carbocycles. The minimum atomic E-state index is -0.450. The van der Waals surface area contributed by atoms with Crippen molar-refractivity contribution in [2.75, 3.05) is 24.5 Å². The lowest BCUT2D eigenvalue weighted by Crippen LogP contribution is -2.57. The van der Waals surface area contributed by atoms with E-state index < -0.39 is 11.9 Å². The van der Waals surface area contributed by atoms with Crippen LogP contribution in [0.25, 0.3) is 5.65 Å². The molecule has 19 heavy (non-hydrogen) atoms. The molecule has 0 spiro atoms. The zero-order chi connectivity index (χ0) is 13.4. The summed E-state index contributed by atoms with van der Waals surface area (Å²) in [6.07, 6.45) is 1.39. The van der Waals surface area contributed by atoms with Gasteiger partial charge >= 0.3 is 5.69 Å². The molecule has 1 atom stereocenters. The summed E-state index contributed by atoms with van der Waals surface area (Å²) in [4.78, 5) is 28.8. The number of nitrogens with two attached hydrogens (primary N) is 1. The number of carbonyl (C=O) groups excluding carboxylic acids is 1. The average Bonchev–Trinajstić information content (AvgIpc) is 2.80. The molecule has 1 aliphatic heterocycles. The highest BCUT2D eigenvalue weighted by molar-refractivity contribution is 5.84. The summed E-state index contributed by atoms with van der Waals surface area (Å²) in [7, 11) is 0. The van der Waals surface area contributed by atoms with Crippen LogP contribution in [0.2, 0.25) is 0 Å². The Morgan fingerprint density at radius 1 is 1.53 bits per heavy atom. The molecule has 3 heterocycles. The standard InChI is InChI=1S/C10H13N7O2/c11-9(18)6-4-12-1-2-16(6)7-3-8-14-15-10(19)17(8)5-13-7/h3,5-6,12H,1-2,4H2,(H2,11,18)(H,15,19). The lowest BCUT2D eigenvalue weighted by Gasteiger charge is -2.34. The molecular weight excluding hydrogens is 250 g/mol. The van der Waals surface area contributed by atoms with E-state index in [-0.39, 0.29) is 5.69 Å². The normalized spacial score (nSPS) is 19.8. The number of nitrogens with one attached hydrogen (secondary N) is 2. The molecule has 2 aromatic rings. The second-order valence-electron chi connectivity index (χ2n) is 4.32. The number of hydrogen-bond donors (Lipinski definition) is 3. The van der Waals surface area contributed by atoms with Crippen LogP contribution in [-0.2, 0) is 4.79 Å². The van der Waals surface area contributed by atoms with Crippen LogP contribution >= 0.6 is 0 Å². The third-order valence-electron chi connectivity index (χ3n) is 3.16. The molecule has 9 nitrogen and oxygen atoms in total. The molecule has 3 rings (SSSR count). The van der Waals surface area contributed by atoms with E-state index in [1.807, 2.05) is 4.90 Å². The molecule has 2 aromatic heterocycles. The van der Waals surface area contributed by atoms with Crippen LogP contribution in [0.5, 0.6) is 0 Å². The van der Waals surface area contributed by atoms with Crippen molar-refractivity contribution in [1.82, 2.24) is 24.9 Å². The van der Waals surface area contributed by atoms with Crippen molar-refractivity contribution < 1.29 is 4.79 Å². The van der Waals surface area contributed by atoms with Crippen LogP contribution in [0.1, 0.15) is 0 Å². The summed E-state index contributed by atoms with van der Waals surface area (Å²) in [5.41, 5.74) is 5.50. The van der Waals surface area contributed by atoms with Crippen LogP contribution in [0.3, 0.4) is 0 Å². The van der Waals surface area contributed by atoms with Crippen LogP contribution in [0, 0.1) is 0 Å². The predicted molar refractivity (Wildman–Crippen MR) is 66.8 cm³/mol. The maximum atomic E-state index is 11.4. The fraction of sp³-hybridized carbons (Fsp3) is 0.400. The van der Waals surface area contributed by atoms with Gasteiger partial charge in [0.1, 0.15) is 18.2 Å². The molecule has 100 valence electrons. The van der Waals surface area contributed by atoms with Gasteiger partial charge in [-0.25, -0.2) is 19.3 Å². The van der Waals surface area contributed by atoms with Crippen molar-refractivity contribution in [3.8, 4) is 0 Å². The summed E-state index contributed by atoms with van der Waals surface area (Å²) in [5.74, 6) is 0.171. The van der Waals surface area contributed by atoms with E-state index >= 15 is 0 Å². The molecule has 1 aliphatic rings. The van der Waals surface area contributed by atoms with Gasteiger partial charge in [-0.3, -0.25) is 4.79 Å². The Morgan fingerprint density at radius 3 is 3.16 bits per heavy atom. The lowest BCUT2D eigenvalue weighted by molar-refractivity contribution is -0.119. The van der Waals surface area contributed by atoms with Gasteiger partial charge in [0.2, 0.25) is 5.91 Å².